The monoisotopic (exact) mass is 268 g/mol. The lowest BCUT2D eigenvalue weighted by Crippen LogP contribution is -2.35. The zero-order valence-electron chi connectivity index (χ0n) is 11.7. The van der Waals surface area contributed by atoms with Crippen molar-refractivity contribution in [1.82, 2.24) is 10.2 Å². The highest BCUT2D eigenvalue weighted by Gasteiger charge is 2.10. The van der Waals surface area contributed by atoms with Gasteiger partial charge in [0.25, 0.3) is 0 Å². The number of hydrogen-bond acceptors (Lipinski definition) is 3. The second-order valence-corrected chi connectivity index (χ2v) is 4.40. The summed E-state index contributed by atoms with van der Waals surface area (Å²) in [5, 5.41) is 3.05. The molecule has 0 aromatic heterocycles. The fourth-order valence-corrected chi connectivity index (χ4v) is 1.68. The van der Waals surface area contributed by atoms with Crippen LogP contribution in [-0.4, -0.2) is 38.1 Å². The number of carbonyl (C=O) groups excluding carboxylic acids is 1. The standard InChI is InChI=1S/C14H21FN2O2/c1-4-7-16-9-14(18)17(2)10-11-5-6-13(19-3)12(15)8-11/h5-6,8,16H,4,7,9-10H2,1-3H3. The molecule has 1 rings (SSSR count). The first-order valence-corrected chi connectivity index (χ1v) is 6.35. The lowest BCUT2D eigenvalue weighted by molar-refractivity contribution is -0.129. The molecule has 4 nitrogen and oxygen atoms in total. The van der Waals surface area contributed by atoms with Gasteiger partial charge in [0.1, 0.15) is 0 Å². The van der Waals surface area contributed by atoms with Crippen molar-refractivity contribution in [3.63, 3.8) is 0 Å². The number of ether oxygens (including phenoxy) is 1. The van der Waals surface area contributed by atoms with Gasteiger partial charge in [0.05, 0.1) is 13.7 Å². The van der Waals surface area contributed by atoms with Crippen molar-refractivity contribution in [3.8, 4) is 5.75 Å². The number of rotatable bonds is 7. The number of methoxy groups -OCH3 is 1. The van der Waals surface area contributed by atoms with Gasteiger partial charge in [-0.25, -0.2) is 4.39 Å². The van der Waals surface area contributed by atoms with Crippen molar-refractivity contribution < 1.29 is 13.9 Å². The van der Waals surface area contributed by atoms with Gasteiger partial charge in [-0.15, -0.1) is 0 Å². The largest absolute Gasteiger partial charge is 0.494 e. The SMILES string of the molecule is CCCNCC(=O)N(C)Cc1ccc(OC)c(F)c1. The molecule has 0 aliphatic carbocycles. The van der Waals surface area contributed by atoms with Crippen LogP contribution < -0.4 is 10.1 Å². The second kappa shape index (κ2) is 7.74. The van der Waals surface area contributed by atoms with Gasteiger partial charge in [-0.05, 0) is 30.7 Å². The summed E-state index contributed by atoms with van der Waals surface area (Å²) in [6.07, 6.45) is 0.987. The average Bonchev–Trinajstić information content (AvgIpc) is 2.39. The number of carbonyl (C=O) groups is 1. The molecule has 106 valence electrons. The number of likely N-dealkylation sites (N-methyl/N-ethyl adjacent to an activating group) is 1. The molecule has 19 heavy (non-hydrogen) atoms. The van der Waals surface area contributed by atoms with Crippen LogP contribution in [0.5, 0.6) is 5.75 Å². The van der Waals surface area contributed by atoms with Crippen LogP contribution in [0.2, 0.25) is 0 Å². The molecule has 0 heterocycles. The minimum atomic E-state index is -0.412. The van der Waals surface area contributed by atoms with E-state index in [9.17, 15) is 9.18 Å². The van der Waals surface area contributed by atoms with Crippen molar-refractivity contribution in [2.45, 2.75) is 19.9 Å². The van der Waals surface area contributed by atoms with Crippen LogP contribution >= 0.6 is 0 Å². The maximum absolute atomic E-state index is 13.5. The smallest absolute Gasteiger partial charge is 0.236 e. The maximum atomic E-state index is 13.5. The van der Waals surface area contributed by atoms with Crippen LogP contribution in [0.4, 0.5) is 4.39 Å². The van der Waals surface area contributed by atoms with Crippen molar-refractivity contribution in [1.29, 1.82) is 0 Å². The van der Waals surface area contributed by atoms with Gasteiger partial charge < -0.3 is 15.0 Å². The van der Waals surface area contributed by atoms with Crippen LogP contribution in [0, 0.1) is 5.82 Å². The topological polar surface area (TPSA) is 41.6 Å². The Morgan fingerprint density at radius 1 is 1.47 bits per heavy atom. The van der Waals surface area contributed by atoms with Gasteiger partial charge in [-0.2, -0.15) is 0 Å². The summed E-state index contributed by atoms with van der Waals surface area (Å²) in [5.74, 6) is -0.211. The molecule has 1 amide bonds. The molecule has 0 aliphatic heterocycles. The van der Waals surface area contributed by atoms with E-state index in [1.165, 1.54) is 13.2 Å². The summed E-state index contributed by atoms with van der Waals surface area (Å²) >= 11 is 0. The maximum Gasteiger partial charge on any atom is 0.236 e. The number of benzene rings is 1. The van der Waals surface area contributed by atoms with Crippen LogP contribution in [0.3, 0.4) is 0 Å². The molecule has 0 unspecified atom stereocenters. The zero-order valence-corrected chi connectivity index (χ0v) is 11.7. The van der Waals surface area contributed by atoms with Crippen molar-refractivity contribution in [3.05, 3.63) is 29.6 Å². The molecule has 0 radical (unpaired) electrons. The van der Waals surface area contributed by atoms with Crippen molar-refractivity contribution >= 4 is 5.91 Å². The molecule has 0 fully saturated rings. The van der Waals surface area contributed by atoms with E-state index >= 15 is 0 Å². The lowest BCUT2D eigenvalue weighted by atomic mass is 10.2. The van der Waals surface area contributed by atoms with Crippen molar-refractivity contribution in [2.24, 2.45) is 0 Å². The summed E-state index contributed by atoms with van der Waals surface area (Å²) < 4.78 is 18.4. The highest BCUT2D eigenvalue weighted by Crippen LogP contribution is 2.18. The summed E-state index contributed by atoms with van der Waals surface area (Å²) in [7, 11) is 3.13. The minimum Gasteiger partial charge on any atom is -0.494 e. The van der Waals surface area contributed by atoms with Crippen LogP contribution in [0.15, 0.2) is 18.2 Å². The van der Waals surface area contributed by atoms with Gasteiger partial charge >= 0.3 is 0 Å². The Morgan fingerprint density at radius 2 is 2.21 bits per heavy atom. The van der Waals surface area contributed by atoms with Crippen LogP contribution in [0.25, 0.3) is 0 Å². The molecule has 1 aromatic carbocycles. The molecule has 0 bridgehead atoms. The molecule has 0 atom stereocenters. The Labute approximate surface area is 113 Å². The first kappa shape index (κ1) is 15.4. The predicted molar refractivity (Wildman–Crippen MR) is 72.6 cm³/mol. The zero-order chi connectivity index (χ0) is 14.3. The molecule has 5 heteroatoms. The van der Waals surface area contributed by atoms with Crippen LogP contribution in [-0.2, 0) is 11.3 Å². The van der Waals surface area contributed by atoms with E-state index in [-0.39, 0.29) is 11.7 Å². The fourth-order valence-electron chi connectivity index (χ4n) is 1.68. The number of hydrogen-bond donors (Lipinski definition) is 1. The van der Waals surface area contributed by atoms with Gasteiger partial charge in [-0.3, -0.25) is 4.79 Å². The Hall–Kier alpha value is -1.62. The summed E-state index contributed by atoms with van der Waals surface area (Å²) in [6.45, 7) is 3.55. The number of nitrogens with zero attached hydrogens (tertiary/aromatic N) is 1. The Morgan fingerprint density at radius 3 is 2.79 bits per heavy atom. The van der Waals surface area contributed by atoms with E-state index in [1.807, 2.05) is 6.92 Å². The van der Waals surface area contributed by atoms with E-state index in [2.05, 4.69) is 5.32 Å². The molecule has 0 spiro atoms. The molecular weight excluding hydrogens is 247 g/mol. The minimum absolute atomic E-state index is 0.00956. The summed E-state index contributed by atoms with van der Waals surface area (Å²) in [5.41, 5.74) is 0.740. The molecule has 0 saturated heterocycles. The van der Waals surface area contributed by atoms with Crippen LogP contribution in [0.1, 0.15) is 18.9 Å². The normalized spacial score (nSPS) is 10.3. The van der Waals surface area contributed by atoms with Crippen molar-refractivity contribution in [2.75, 3.05) is 27.2 Å². The Bertz CT molecular complexity index is 424. The van der Waals surface area contributed by atoms with Gasteiger partial charge in [0.2, 0.25) is 5.91 Å². The lowest BCUT2D eigenvalue weighted by Gasteiger charge is -2.18. The number of halogens is 1. The predicted octanol–water partition coefficient (Wildman–Crippen LogP) is 1.79. The third-order valence-corrected chi connectivity index (χ3v) is 2.76. The number of nitrogens with one attached hydrogen (secondary N) is 1. The average molecular weight is 268 g/mol. The summed E-state index contributed by atoms with van der Waals surface area (Å²) in [6, 6.07) is 4.71. The highest BCUT2D eigenvalue weighted by atomic mass is 19.1. The Balaban J connectivity index is 2.54. The highest BCUT2D eigenvalue weighted by molar-refractivity contribution is 5.77. The van der Waals surface area contributed by atoms with E-state index < -0.39 is 5.82 Å². The van der Waals surface area contributed by atoms with E-state index in [4.69, 9.17) is 4.74 Å². The molecule has 0 aliphatic rings. The van der Waals surface area contributed by atoms with E-state index in [0.717, 1.165) is 18.5 Å². The van der Waals surface area contributed by atoms with E-state index in [0.29, 0.717) is 13.1 Å². The van der Waals surface area contributed by atoms with Gasteiger partial charge in [-0.1, -0.05) is 13.0 Å². The second-order valence-electron chi connectivity index (χ2n) is 4.40. The first-order chi connectivity index (χ1) is 9.08. The van der Waals surface area contributed by atoms with E-state index in [1.54, 1.807) is 24.1 Å². The molecule has 1 N–H and O–H groups in total. The number of amides is 1. The first-order valence-electron chi connectivity index (χ1n) is 6.35. The van der Waals surface area contributed by atoms with Gasteiger partial charge in [0.15, 0.2) is 11.6 Å². The molecular formula is C14H21FN2O2. The fraction of sp³-hybridized carbons (Fsp3) is 0.500. The molecule has 1 aromatic rings. The third kappa shape index (κ3) is 4.87. The molecule has 0 saturated carbocycles. The Kier molecular flexibility index (Phi) is 6.29. The summed E-state index contributed by atoms with van der Waals surface area (Å²) in [4.78, 5) is 13.3. The third-order valence-electron chi connectivity index (χ3n) is 2.76. The quantitative estimate of drug-likeness (QED) is 0.767. The van der Waals surface area contributed by atoms with Gasteiger partial charge in [0, 0.05) is 13.6 Å².